The third kappa shape index (κ3) is 5.70. The number of hydrogen-bond donors (Lipinski definition) is 1. The largest absolute Gasteiger partial charge is 0.514 e. The Bertz CT molecular complexity index is 1560. The van der Waals surface area contributed by atoms with Crippen LogP contribution in [0.4, 0.5) is 13.6 Å². The van der Waals surface area contributed by atoms with Gasteiger partial charge in [-0.1, -0.05) is 11.2 Å². The molecule has 0 aliphatic carbocycles. The van der Waals surface area contributed by atoms with E-state index >= 15 is 0 Å². The molecule has 4 heterocycles. The fourth-order valence-electron chi connectivity index (χ4n) is 5.67. The SMILES string of the molecule is CO[C@@H](C)COC(=O)Oc1c2n(cc(C(=O)NCc3ccc(F)cc3F)c1=O)[C@@H]1CN(C2=O)[C@@H](C)CC[C@]12CC(C)=NO2. The fourth-order valence-corrected chi connectivity index (χ4v) is 5.67. The lowest BCUT2D eigenvalue weighted by atomic mass is 9.84. The summed E-state index contributed by atoms with van der Waals surface area (Å²) in [6.07, 6.45) is 1.02. The minimum Gasteiger partial charge on any atom is -0.431 e. The number of rotatable bonds is 7. The van der Waals surface area contributed by atoms with E-state index in [2.05, 4.69) is 10.5 Å². The van der Waals surface area contributed by atoms with E-state index in [0.717, 1.165) is 11.8 Å². The van der Waals surface area contributed by atoms with Gasteiger partial charge < -0.3 is 33.8 Å². The lowest BCUT2D eigenvalue weighted by molar-refractivity contribution is -0.0655. The Kier molecular flexibility index (Phi) is 8.23. The number of nitrogens with zero attached hydrogens (tertiary/aromatic N) is 3. The molecule has 2 aromatic rings. The van der Waals surface area contributed by atoms with Gasteiger partial charge in [-0.15, -0.1) is 0 Å². The van der Waals surface area contributed by atoms with E-state index in [1.54, 1.807) is 11.8 Å². The number of oxime groups is 1. The Morgan fingerprint density at radius 1 is 1.28 bits per heavy atom. The van der Waals surface area contributed by atoms with Gasteiger partial charge in [0.05, 0.1) is 17.9 Å². The number of fused-ring (bicyclic) bond motifs is 5. The number of carbonyl (C=O) groups is 3. The molecule has 1 aromatic heterocycles. The van der Waals surface area contributed by atoms with Gasteiger partial charge in [-0.25, -0.2) is 13.6 Å². The highest BCUT2D eigenvalue weighted by atomic mass is 19.1. The minimum atomic E-state index is -1.27. The molecule has 1 aromatic carbocycles. The van der Waals surface area contributed by atoms with Crippen LogP contribution in [0.5, 0.6) is 5.75 Å². The van der Waals surface area contributed by atoms with Crippen molar-refractivity contribution in [2.45, 2.75) is 70.4 Å². The normalized spacial score (nSPS) is 23.2. The Morgan fingerprint density at radius 3 is 2.72 bits per heavy atom. The molecule has 2 amide bonds. The second-order valence-corrected chi connectivity index (χ2v) is 11.1. The zero-order valence-corrected chi connectivity index (χ0v) is 24.1. The number of hydrogen-bond acceptors (Lipinski definition) is 9. The number of nitrogens with one attached hydrogen (secondary N) is 1. The molecule has 5 rings (SSSR count). The van der Waals surface area contributed by atoms with E-state index in [9.17, 15) is 28.0 Å². The summed E-state index contributed by atoms with van der Waals surface area (Å²) in [6, 6.07) is 2.03. The fraction of sp³-hybridized carbons (Fsp3) is 0.483. The summed E-state index contributed by atoms with van der Waals surface area (Å²) < 4.78 is 44.5. The van der Waals surface area contributed by atoms with Crippen LogP contribution in [0.25, 0.3) is 0 Å². The lowest BCUT2D eigenvalue weighted by Crippen LogP contribution is -2.52. The average molecular weight is 603 g/mol. The van der Waals surface area contributed by atoms with Crippen molar-refractivity contribution in [1.29, 1.82) is 0 Å². The van der Waals surface area contributed by atoms with Crippen molar-refractivity contribution in [3.63, 3.8) is 0 Å². The summed E-state index contributed by atoms with van der Waals surface area (Å²) in [7, 11) is 1.42. The predicted molar refractivity (Wildman–Crippen MR) is 147 cm³/mol. The third-order valence-electron chi connectivity index (χ3n) is 8.15. The number of halogens is 2. The molecule has 3 aliphatic rings. The molecule has 43 heavy (non-hydrogen) atoms. The van der Waals surface area contributed by atoms with E-state index < -0.39 is 64.1 Å². The number of methoxy groups -OCH3 is 1. The van der Waals surface area contributed by atoms with Crippen LogP contribution in [0.1, 0.15) is 72.5 Å². The van der Waals surface area contributed by atoms with Gasteiger partial charge in [-0.05, 0) is 39.7 Å². The smallest absolute Gasteiger partial charge is 0.431 e. The summed E-state index contributed by atoms with van der Waals surface area (Å²) in [6.45, 7) is 4.97. The number of pyridine rings is 1. The van der Waals surface area contributed by atoms with Gasteiger partial charge in [-0.2, -0.15) is 0 Å². The highest BCUT2D eigenvalue weighted by Crippen LogP contribution is 2.46. The van der Waals surface area contributed by atoms with Gasteiger partial charge in [0.15, 0.2) is 11.3 Å². The number of aromatic nitrogens is 1. The zero-order chi connectivity index (χ0) is 31.1. The Morgan fingerprint density at radius 2 is 2.05 bits per heavy atom. The van der Waals surface area contributed by atoms with E-state index in [1.165, 1.54) is 23.9 Å². The molecule has 1 saturated heterocycles. The highest BCUT2D eigenvalue weighted by molar-refractivity contribution is 6.00. The molecule has 12 nitrogen and oxygen atoms in total. The molecular weight excluding hydrogens is 570 g/mol. The van der Waals surface area contributed by atoms with E-state index in [4.69, 9.17) is 19.0 Å². The monoisotopic (exact) mass is 602 g/mol. The minimum absolute atomic E-state index is 0.0189. The van der Waals surface area contributed by atoms with Crippen LogP contribution in [-0.4, -0.2) is 71.2 Å². The molecule has 3 aliphatic heterocycles. The molecule has 1 spiro atoms. The molecule has 1 N–H and O–H groups in total. The van der Waals surface area contributed by atoms with Crippen LogP contribution in [0.2, 0.25) is 0 Å². The first-order chi connectivity index (χ1) is 20.4. The van der Waals surface area contributed by atoms with Crippen molar-refractivity contribution in [2.75, 3.05) is 20.3 Å². The van der Waals surface area contributed by atoms with Gasteiger partial charge in [0.1, 0.15) is 23.8 Å². The van der Waals surface area contributed by atoms with E-state index in [1.807, 2.05) is 13.8 Å². The summed E-state index contributed by atoms with van der Waals surface area (Å²) in [5.41, 5.74) is -1.92. The van der Waals surface area contributed by atoms with Crippen molar-refractivity contribution in [3.8, 4) is 5.75 Å². The second-order valence-electron chi connectivity index (χ2n) is 11.1. The maximum Gasteiger partial charge on any atom is 0.514 e. The predicted octanol–water partition coefficient (Wildman–Crippen LogP) is 3.32. The lowest BCUT2D eigenvalue weighted by Gasteiger charge is -2.42. The van der Waals surface area contributed by atoms with Gasteiger partial charge in [0, 0.05) is 50.5 Å². The van der Waals surface area contributed by atoms with Crippen LogP contribution in [0.3, 0.4) is 0 Å². The number of benzene rings is 1. The van der Waals surface area contributed by atoms with Crippen molar-refractivity contribution in [3.05, 3.63) is 63.1 Å². The maximum absolute atomic E-state index is 14.2. The quantitative estimate of drug-likeness (QED) is 0.477. The van der Waals surface area contributed by atoms with Crippen molar-refractivity contribution in [2.24, 2.45) is 5.16 Å². The molecular formula is C29H32F2N4O8. The molecule has 4 atom stereocenters. The first-order valence-electron chi connectivity index (χ1n) is 13.9. The topological polar surface area (TPSA) is 138 Å². The maximum atomic E-state index is 14.2. The van der Waals surface area contributed by atoms with Crippen molar-refractivity contribution < 1.29 is 42.2 Å². The Labute approximate surface area is 245 Å². The Balaban J connectivity index is 1.59. The molecule has 2 bridgehead atoms. The van der Waals surface area contributed by atoms with Crippen LogP contribution >= 0.6 is 0 Å². The molecule has 0 radical (unpaired) electrons. The summed E-state index contributed by atoms with van der Waals surface area (Å²) >= 11 is 0. The number of ether oxygens (including phenoxy) is 3. The first-order valence-corrected chi connectivity index (χ1v) is 13.9. The van der Waals surface area contributed by atoms with Crippen LogP contribution in [0, 0.1) is 11.6 Å². The number of amides is 2. The molecule has 230 valence electrons. The standard InChI is InChI=1S/C29H32F2N4O8/c1-15-10-29(43-33-15)8-7-16(2)34-13-22(29)35-12-20(26(37)32-11-18-5-6-19(30)9-21(18)31)24(36)25(23(35)27(34)38)42-28(39)41-14-17(3)40-4/h5-6,9,12,16-17,22H,7-8,10-11,13-14H2,1-4H3,(H,32,37)/t16-,17-,22+,29-/m0/s1. The van der Waals surface area contributed by atoms with Crippen LogP contribution in [0.15, 0.2) is 34.3 Å². The van der Waals surface area contributed by atoms with Crippen LogP contribution < -0.4 is 15.5 Å². The van der Waals surface area contributed by atoms with Crippen molar-refractivity contribution in [1.82, 2.24) is 14.8 Å². The van der Waals surface area contributed by atoms with Gasteiger partial charge >= 0.3 is 6.16 Å². The highest BCUT2D eigenvalue weighted by Gasteiger charge is 2.54. The third-order valence-corrected chi connectivity index (χ3v) is 8.15. The van der Waals surface area contributed by atoms with Crippen LogP contribution in [-0.2, 0) is 20.9 Å². The number of carbonyl (C=O) groups excluding carboxylic acids is 3. The van der Waals surface area contributed by atoms with E-state index in [-0.39, 0.29) is 37.0 Å². The first kappa shape index (κ1) is 30.1. The molecule has 14 heteroatoms. The van der Waals surface area contributed by atoms with Crippen molar-refractivity contribution >= 4 is 23.7 Å². The molecule has 1 fully saturated rings. The summed E-state index contributed by atoms with van der Waals surface area (Å²) in [5.74, 6) is -3.85. The second kappa shape index (κ2) is 11.7. The Hall–Kier alpha value is -4.33. The van der Waals surface area contributed by atoms with E-state index in [0.29, 0.717) is 25.3 Å². The summed E-state index contributed by atoms with van der Waals surface area (Å²) in [5, 5.41) is 6.62. The summed E-state index contributed by atoms with van der Waals surface area (Å²) in [4.78, 5) is 61.3. The van der Waals surface area contributed by atoms with Gasteiger partial charge in [-0.3, -0.25) is 14.4 Å². The molecule has 0 saturated carbocycles. The van der Waals surface area contributed by atoms with Gasteiger partial charge in [0.2, 0.25) is 11.2 Å². The molecule has 0 unspecified atom stereocenters. The van der Waals surface area contributed by atoms with Gasteiger partial charge in [0.25, 0.3) is 11.8 Å². The average Bonchev–Trinajstić information content (AvgIpc) is 3.30. The zero-order valence-electron chi connectivity index (χ0n) is 24.1.